The molecule has 6 heteroatoms. The number of benzene rings is 1. The zero-order valence-electron chi connectivity index (χ0n) is 16.8. The van der Waals surface area contributed by atoms with E-state index < -0.39 is 11.9 Å². The molecule has 0 aromatic heterocycles. The maximum Gasteiger partial charge on any atom is 0.337 e. The van der Waals surface area contributed by atoms with Gasteiger partial charge in [-0.15, -0.1) is 0 Å². The number of methoxy groups -OCH3 is 1. The van der Waals surface area contributed by atoms with Crippen LogP contribution in [0.1, 0.15) is 57.9 Å². The molecule has 1 heterocycles. The Morgan fingerprint density at radius 2 is 2.11 bits per heavy atom. The Labute approximate surface area is 165 Å². The SMILES string of the molecule is CC[C@@H](C)OC(=O)C1=C(C)NC2=C(C(=O)CCC2)[C@H]1c1ccc(OC)c(O)c1. The van der Waals surface area contributed by atoms with Crippen molar-refractivity contribution in [1.82, 2.24) is 5.32 Å². The van der Waals surface area contributed by atoms with Crippen LogP contribution >= 0.6 is 0 Å². The highest BCUT2D eigenvalue weighted by Gasteiger charge is 2.39. The molecule has 0 saturated heterocycles. The maximum absolute atomic E-state index is 13.0. The number of ether oxygens (including phenoxy) is 2. The molecular formula is C22H27NO5. The lowest BCUT2D eigenvalue weighted by Gasteiger charge is -2.34. The Balaban J connectivity index is 2.13. The van der Waals surface area contributed by atoms with E-state index in [1.165, 1.54) is 7.11 Å². The molecule has 150 valence electrons. The first-order valence-electron chi connectivity index (χ1n) is 9.69. The highest BCUT2D eigenvalue weighted by Crippen LogP contribution is 2.44. The second-order valence-corrected chi connectivity index (χ2v) is 7.32. The Kier molecular flexibility index (Phi) is 5.77. The van der Waals surface area contributed by atoms with Crippen molar-refractivity contribution in [2.75, 3.05) is 7.11 Å². The van der Waals surface area contributed by atoms with E-state index in [9.17, 15) is 14.7 Å². The Hall–Kier alpha value is -2.76. The first-order chi connectivity index (χ1) is 13.4. The molecule has 1 aliphatic carbocycles. The zero-order chi connectivity index (χ0) is 20.4. The highest BCUT2D eigenvalue weighted by molar-refractivity contribution is 6.03. The van der Waals surface area contributed by atoms with Crippen LogP contribution in [0.25, 0.3) is 0 Å². The van der Waals surface area contributed by atoms with Crippen molar-refractivity contribution in [2.45, 2.75) is 58.5 Å². The van der Waals surface area contributed by atoms with Crippen LogP contribution in [0, 0.1) is 0 Å². The van der Waals surface area contributed by atoms with E-state index in [0.29, 0.717) is 41.0 Å². The fourth-order valence-electron chi connectivity index (χ4n) is 3.80. The lowest BCUT2D eigenvalue weighted by atomic mass is 9.75. The predicted octanol–water partition coefficient (Wildman–Crippen LogP) is 3.71. The molecule has 3 rings (SSSR count). The standard InChI is InChI=1S/C22H27NO5/c1-5-12(2)28-22(26)19-13(3)23-15-7-6-8-16(24)21(15)20(19)14-9-10-18(27-4)17(25)11-14/h9-12,20,23,25H,5-8H2,1-4H3/t12-,20+/m1/s1. The predicted molar refractivity (Wildman–Crippen MR) is 105 cm³/mol. The van der Waals surface area contributed by atoms with Crippen LogP contribution < -0.4 is 10.1 Å². The minimum atomic E-state index is -0.572. The molecular weight excluding hydrogens is 358 g/mol. The minimum absolute atomic E-state index is 0.0235. The summed E-state index contributed by atoms with van der Waals surface area (Å²) in [4.78, 5) is 25.8. The molecule has 6 nitrogen and oxygen atoms in total. The summed E-state index contributed by atoms with van der Waals surface area (Å²) in [7, 11) is 1.48. The smallest absolute Gasteiger partial charge is 0.337 e. The van der Waals surface area contributed by atoms with Gasteiger partial charge in [-0.1, -0.05) is 13.0 Å². The fourth-order valence-corrected chi connectivity index (χ4v) is 3.80. The van der Waals surface area contributed by atoms with Crippen LogP contribution in [0.15, 0.2) is 40.7 Å². The third-order valence-corrected chi connectivity index (χ3v) is 5.42. The average molecular weight is 385 g/mol. The van der Waals surface area contributed by atoms with Crippen LogP contribution in [0.4, 0.5) is 0 Å². The third kappa shape index (κ3) is 3.63. The summed E-state index contributed by atoms with van der Waals surface area (Å²) in [5, 5.41) is 13.5. The summed E-state index contributed by atoms with van der Waals surface area (Å²) in [6.07, 6.45) is 2.46. The number of carbonyl (C=O) groups excluding carboxylic acids is 2. The number of hydrogen-bond acceptors (Lipinski definition) is 6. The van der Waals surface area contributed by atoms with Crippen molar-refractivity contribution in [2.24, 2.45) is 0 Å². The van der Waals surface area contributed by atoms with E-state index in [0.717, 1.165) is 18.5 Å². The van der Waals surface area contributed by atoms with Crippen LogP contribution in [0.3, 0.4) is 0 Å². The molecule has 1 aromatic rings. The molecule has 0 bridgehead atoms. The van der Waals surface area contributed by atoms with Crippen LogP contribution in [0.5, 0.6) is 11.5 Å². The first-order valence-corrected chi connectivity index (χ1v) is 9.69. The van der Waals surface area contributed by atoms with Gasteiger partial charge in [-0.25, -0.2) is 4.79 Å². The second-order valence-electron chi connectivity index (χ2n) is 7.32. The number of esters is 1. The summed E-state index contributed by atoms with van der Waals surface area (Å²) in [5.74, 6) is -0.681. The number of Topliss-reactive ketones (excluding diaryl/α,β-unsaturated/α-hetero) is 1. The Bertz CT molecular complexity index is 868. The van der Waals surface area contributed by atoms with Gasteiger partial charge in [-0.3, -0.25) is 4.79 Å². The molecule has 0 radical (unpaired) electrons. The fraction of sp³-hybridized carbons (Fsp3) is 0.455. The molecule has 0 unspecified atom stereocenters. The number of nitrogens with one attached hydrogen (secondary N) is 1. The van der Waals surface area contributed by atoms with Gasteiger partial charge in [0, 0.05) is 29.3 Å². The zero-order valence-corrected chi connectivity index (χ0v) is 16.8. The molecule has 0 fully saturated rings. The summed E-state index contributed by atoms with van der Waals surface area (Å²) in [5.41, 5.74) is 3.21. The number of hydrogen-bond donors (Lipinski definition) is 2. The molecule has 0 amide bonds. The number of dihydropyridines is 1. The summed E-state index contributed by atoms with van der Waals surface area (Å²) in [6.45, 7) is 5.61. The first kappa shape index (κ1) is 20.0. The van der Waals surface area contributed by atoms with Crippen molar-refractivity contribution in [3.05, 3.63) is 46.3 Å². The van der Waals surface area contributed by atoms with Gasteiger partial charge < -0.3 is 19.9 Å². The Morgan fingerprint density at radius 3 is 2.75 bits per heavy atom. The summed E-state index contributed by atoms with van der Waals surface area (Å²) in [6, 6.07) is 4.99. The van der Waals surface area contributed by atoms with Crippen LogP contribution in [-0.4, -0.2) is 30.1 Å². The van der Waals surface area contributed by atoms with Crippen LogP contribution in [-0.2, 0) is 14.3 Å². The second kappa shape index (κ2) is 8.09. The van der Waals surface area contributed by atoms with Crippen molar-refractivity contribution in [1.29, 1.82) is 0 Å². The molecule has 2 aliphatic rings. The van der Waals surface area contributed by atoms with E-state index in [1.54, 1.807) is 18.2 Å². The number of carbonyl (C=O) groups is 2. The number of ketones is 1. The van der Waals surface area contributed by atoms with Gasteiger partial charge in [-0.2, -0.15) is 0 Å². The van der Waals surface area contributed by atoms with Crippen molar-refractivity contribution in [3.8, 4) is 11.5 Å². The van der Waals surface area contributed by atoms with Gasteiger partial charge in [-0.05, 0) is 50.8 Å². The van der Waals surface area contributed by atoms with Gasteiger partial charge in [0.25, 0.3) is 0 Å². The maximum atomic E-state index is 13.0. The van der Waals surface area contributed by atoms with Gasteiger partial charge in [0.2, 0.25) is 0 Å². The van der Waals surface area contributed by atoms with Crippen molar-refractivity contribution >= 4 is 11.8 Å². The lowest BCUT2D eigenvalue weighted by molar-refractivity contribution is -0.144. The Morgan fingerprint density at radius 1 is 1.36 bits per heavy atom. The van der Waals surface area contributed by atoms with Gasteiger partial charge in [0.05, 0.1) is 18.8 Å². The molecule has 0 spiro atoms. The quantitative estimate of drug-likeness (QED) is 0.752. The highest BCUT2D eigenvalue weighted by atomic mass is 16.5. The molecule has 2 atom stereocenters. The van der Waals surface area contributed by atoms with E-state index in [4.69, 9.17) is 9.47 Å². The van der Waals surface area contributed by atoms with Gasteiger partial charge in [0.1, 0.15) is 0 Å². The van der Waals surface area contributed by atoms with E-state index >= 15 is 0 Å². The molecule has 0 saturated carbocycles. The lowest BCUT2D eigenvalue weighted by Crippen LogP contribution is -2.35. The molecule has 1 aliphatic heterocycles. The molecule has 1 aromatic carbocycles. The largest absolute Gasteiger partial charge is 0.504 e. The normalized spacial score (nSPS) is 20.4. The third-order valence-electron chi connectivity index (χ3n) is 5.42. The topological polar surface area (TPSA) is 84.9 Å². The van der Waals surface area contributed by atoms with Crippen LogP contribution in [0.2, 0.25) is 0 Å². The number of phenols is 1. The number of aromatic hydroxyl groups is 1. The van der Waals surface area contributed by atoms with Gasteiger partial charge in [0.15, 0.2) is 17.3 Å². The molecule has 2 N–H and O–H groups in total. The van der Waals surface area contributed by atoms with Gasteiger partial charge >= 0.3 is 5.97 Å². The summed E-state index contributed by atoms with van der Waals surface area (Å²) >= 11 is 0. The summed E-state index contributed by atoms with van der Waals surface area (Å²) < 4.78 is 10.7. The van der Waals surface area contributed by atoms with Crippen molar-refractivity contribution < 1.29 is 24.2 Å². The van der Waals surface area contributed by atoms with Crippen molar-refractivity contribution in [3.63, 3.8) is 0 Å². The number of phenolic OH excluding ortho intramolecular Hbond substituents is 1. The van der Waals surface area contributed by atoms with E-state index in [2.05, 4.69) is 5.32 Å². The molecule has 28 heavy (non-hydrogen) atoms. The van der Waals surface area contributed by atoms with E-state index in [1.807, 2.05) is 20.8 Å². The average Bonchev–Trinajstić information content (AvgIpc) is 2.66. The monoisotopic (exact) mass is 385 g/mol. The number of allylic oxidation sites excluding steroid dienone is 3. The van der Waals surface area contributed by atoms with E-state index in [-0.39, 0.29) is 17.6 Å². The minimum Gasteiger partial charge on any atom is -0.504 e. The number of rotatable bonds is 5.